The summed E-state index contributed by atoms with van der Waals surface area (Å²) < 4.78 is 0. The van der Waals surface area contributed by atoms with Gasteiger partial charge in [-0.3, -0.25) is 0 Å². The third kappa shape index (κ3) is 3.42. The molecule has 2 heteroatoms. The second kappa shape index (κ2) is 8.12. The summed E-state index contributed by atoms with van der Waals surface area (Å²) in [7, 11) is 0. The van der Waals surface area contributed by atoms with E-state index in [0.29, 0.717) is 28.6 Å². The van der Waals surface area contributed by atoms with Crippen molar-refractivity contribution in [2.45, 2.75) is 104 Å². The van der Waals surface area contributed by atoms with Crippen LogP contribution in [0.15, 0.2) is 30.3 Å². The van der Waals surface area contributed by atoms with Crippen LogP contribution in [0, 0.1) is 46.3 Å². The van der Waals surface area contributed by atoms with Gasteiger partial charge in [-0.2, -0.15) is 0 Å². The van der Waals surface area contributed by atoms with Gasteiger partial charge in [-0.15, -0.1) is 0 Å². The first kappa shape index (κ1) is 22.9. The second-order valence-electron chi connectivity index (χ2n) is 12.9. The maximum atomic E-state index is 11.2. The lowest BCUT2D eigenvalue weighted by molar-refractivity contribution is -0.154. The van der Waals surface area contributed by atoms with E-state index in [0.717, 1.165) is 42.6 Å². The highest BCUT2D eigenvalue weighted by Gasteiger charge is 2.61. The lowest BCUT2D eigenvalue weighted by atomic mass is 9.43. The highest BCUT2D eigenvalue weighted by molar-refractivity contribution is 5.19. The first-order chi connectivity index (χ1) is 15.2. The molecule has 4 saturated carbocycles. The lowest BCUT2D eigenvalue weighted by Crippen LogP contribution is -2.56. The molecule has 0 radical (unpaired) electrons. The number of benzene rings is 1. The summed E-state index contributed by atoms with van der Waals surface area (Å²) in [4.78, 5) is 0. The van der Waals surface area contributed by atoms with Gasteiger partial charge >= 0.3 is 0 Å². The van der Waals surface area contributed by atoms with Crippen molar-refractivity contribution in [2.24, 2.45) is 46.3 Å². The van der Waals surface area contributed by atoms with Gasteiger partial charge in [-0.1, -0.05) is 58.0 Å². The molecule has 0 bridgehead atoms. The van der Waals surface area contributed by atoms with Gasteiger partial charge in [-0.05, 0) is 116 Å². The summed E-state index contributed by atoms with van der Waals surface area (Å²) >= 11 is 0. The zero-order valence-corrected chi connectivity index (χ0v) is 20.9. The summed E-state index contributed by atoms with van der Waals surface area (Å²) in [6, 6.07) is 10.3. The first-order valence-electron chi connectivity index (χ1n) is 13.7. The number of fused-ring (bicyclic) bond motifs is 5. The van der Waals surface area contributed by atoms with E-state index in [1.54, 1.807) is 0 Å². The fraction of sp³-hybridized carbons (Fsp3) is 0.800. The Kier molecular flexibility index (Phi) is 5.81. The maximum absolute atomic E-state index is 11.2. The summed E-state index contributed by atoms with van der Waals surface area (Å²) in [6.45, 7) is 9.67. The molecule has 2 N–H and O–H groups in total. The van der Waals surface area contributed by atoms with Crippen molar-refractivity contribution >= 4 is 0 Å². The van der Waals surface area contributed by atoms with Gasteiger partial charge < -0.3 is 10.2 Å². The fourth-order valence-corrected chi connectivity index (χ4v) is 9.72. The highest BCUT2D eigenvalue weighted by Crippen LogP contribution is 2.69. The molecular formula is C30H46O2. The van der Waals surface area contributed by atoms with E-state index in [1.807, 2.05) is 6.07 Å². The molecule has 0 heterocycles. The van der Waals surface area contributed by atoms with Gasteiger partial charge in [0.2, 0.25) is 0 Å². The molecule has 4 aliphatic rings. The molecule has 4 fully saturated rings. The van der Waals surface area contributed by atoms with E-state index in [-0.39, 0.29) is 6.10 Å². The standard InChI is InChI=1S/C30H46O2/c1-5-30(32)18-17-28(3)22(19-30)11-12-23-25-14-13-24(29(25,4)16-15-26(23)28)20(2)27(31)21-9-7-6-8-10-21/h6-10,20,22-27,31-32H,5,11-19H2,1-4H3/t20?,22-,23-,24+,25-,26-,27?,28-,29+,30-/m0/s1. The Bertz CT molecular complexity index is 806. The van der Waals surface area contributed by atoms with Crippen molar-refractivity contribution in [2.75, 3.05) is 0 Å². The van der Waals surface area contributed by atoms with E-state index in [1.165, 1.54) is 44.9 Å². The van der Waals surface area contributed by atoms with E-state index in [9.17, 15) is 10.2 Å². The Labute approximate surface area is 196 Å². The quantitative estimate of drug-likeness (QED) is 0.524. The normalized spacial score (nSPS) is 47.8. The number of aliphatic hydroxyl groups is 2. The van der Waals surface area contributed by atoms with Gasteiger partial charge in [0.1, 0.15) is 0 Å². The number of rotatable bonds is 4. The van der Waals surface area contributed by atoms with Crippen LogP contribution in [-0.2, 0) is 0 Å². The molecule has 0 spiro atoms. The van der Waals surface area contributed by atoms with Gasteiger partial charge in [0.25, 0.3) is 0 Å². The summed E-state index contributed by atoms with van der Waals surface area (Å²) in [5.41, 5.74) is 1.48. The molecule has 4 aliphatic carbocycles. The van der Waals surface area contributed by atoms with Crippen molar-refractivity contribution in [3.8, 4) is 0 Å². The largest absolute Gasteiger partial charge is 0.390 e. The minimum absolute atomic E-state index is 0.310. The van der Waals surface area contributed by atoms with Crippen molar-refractivity contribution in [3.05, 3.63) is 35.9 Å². The zero-order chi connectivity index (χ0) is 22.7. The fourth-order valence-electron chi connectivity index (χ4n) is 9.72. The summed E-state index contributed by atoms with van der Waals surface area (Å²) in [5.74, 6) is 4.16. The topological polar surface area (TPSA) is 40.5 Å². The third-order valence-corrected chi connectivity index (χ3v) is 11.8. The smallest absolute Gasteiger partial charge is 0.0818 e. The predicted molar refractivity (Wildman–Crippen MR) is 131 cm³/mol. The van der Waals surface area contributed by atoms with Crippen LogP contribution in [0.5, 0.6) is 0 Å². The van der Waals surface area contributed by atoms with Crippen LogP contribution in [0.25, 0.3) is 0 Å². The van der Waals surface area contributed by atoms with Crippen LogP contribution in [0.3, 0.4) is 0 Å². The molecule has 32 heavy (non-hydrogen) atoms. The van der Waals surface area contributed by atoms with E-state index >= 15 is 0 Å². The van der Waals surface area contributed by atoms with Gasteiger partial charge in [0.05, 0.1) is 11.7 Å². The highest BCUT2D eigenvalue weighted by atomic mass is 16.3. The maximum Gasteiger partial charge on any atom is 0.0818 e. The molecule has 0 aromatic heterocycles. The molecule has 2 nitrogen and oxygen atoms in total. The van der Waals surface area contributed by atoms with Crippen LogP contribution >= 0.6 is 0 Å². The van der Waals surface area contributed by atoms with Gasteiger partial charge in [0.15, 0.2) is 0 Å². The molecule has 178 valence electrons. The Morgan fingerprint density at radius 2 is 1.62 bits per heavy atom. The van der Waals surface area contributed by atoms with Crippen LogP contribution < -0.4 is 0 Å². The Morgan fingerprint density at radius 3 is 2.34 bits per heavy atom. The molecular weight excluding hydrogens is 392 g/mol. The van der Waals surface area contributed by atoms with Crippen molar-refractivity contribution < 1.29 is 10.2 Å². The van der Waals surface area contributed by atoms with E-state index in [2.05, 4.69) is 52.0 Å². The molecule has 0 saturated heterocycles. The Hall–Kier alpha value is -0.860. The van der Waals surface area contributed by atoms with Crippen LogP contribution in [0.2, 0.25) is 0 Å². The average Bonchev–Trinajstić information content (AvgIpc) is 3.16. The van der Waals surface area contributed by atoms with Crippen molar-refractivity contribution in [3.63, 3.8) is 0 Å². The molecule has 2 unspecified atom stereocenters. The number of hydrogen-bond acceptors (Lipinski definition) is 2. The average molecular weight is 439 g/mol. The zero-order valence-electron chi connectivity index (χ0n) is 20.9. The summed E-state index contributed by atoms with van der Waals surface area (Å²) in [5, 5.41) is 22.3. The van der Waals surface area contributed by atoms with Crippen molar-refractivity contribution in [1.29, 1.82) is 0 Å². The van der Waals surface area contributed by atoms with Gasteiger partial charge in [0, 0.05) is 0 Å². The molecule has 5 rings (SSSR count). The second-order valence-corrected chi connectivity index (χ2v) is 12.9. The summed E-state index contributed by atoms with van der Waals surface area (Å²) in [6.07, 6.45) is 11.8. The molecule has 1 aromatic rings. The third-order valence-electron chi connectivity index (χ3n) is 11.8. The van der Waals surface area contributed by atoms with Crippen LogP contribution in [0.4, 0.5) is 0 Å². The SMILES string of the molecule is CC[C@]1(O)CC[C@@]2(C)[C@@H](CC[C@@H]3[C@@H]2CC[C@]2(C)[C@@H](C(C)C(O)c4ccccc4)CC[C@@H]32)C1. The number of aliphatic hydroxyl groups excluding tert-OH is 1. The Balaban J connectivity index is 1.35. The van der Waals surface area contributed by atoms with Crippen LogP contribution in [0.1, 0.15) is 104 Å². The van der Waals surface area contributed by atoms with Gasteiger partial charge in [-0.25, -0.2) is 0 Å². The number of hydrogen-bond donors (Lipinski definition) is 2. The minimum Gasteiger partial charge on any atom is -0.390 e. The molecule has 0 amide bonds. The van der Waals surface area contributed by atoms with Crippen LogP contribution in [-0.4, -0.2) is 15.8 Å². The van der Waals surface area contributed by atoms with E-state index in [4.69, 9.17) is 0 Å². The predicted octanol–water partition coefficient (Wildman–Crippen LogP) is 7.16. The minimum atomic E-state index is -0.401. The lowest BCUT2D eigenvalue weighted by Gasteiger charge is -2.62. The molecule has 0 aliphatic heterocycles. The van der Waals surface area contributed by atoms with Crippen molar-refractivity contribution in [1.82, 2.24) is 0 Å². The first-order valence-corrected chi connectivity index (χ1v) is 13.7. The Morgan fingerprint density at radius 1 is 0.906 bits per heavy atom. The van der Waals surface area contributed by atoms with E-state index < -0.39 is 5.60 Å². The molecule has 1 aromatic carbocycles. The molecule has 10 atom stereocenters. The monoisotopic (exact) mass is 438 g/mol.